The minimum atomic E-state index is -1.41. The van der Waals surface area contributed by atoms with Crippen LogP contribution in [-0.2, 0) is 19.1 Å². The Kier molecular flexibility index (Phi) is 6.35. The first kappa shape index (κ1) is 23.4. The second-order valence-electron chi connectivity index (χ2n) is 7.92. The number of fused-ring (bicyclic) bond motifs is 1. The standard InChI is InChI=1S/C22H22F2N6O4/c1-13-19(17(33)9-22(11-31,12-32)21-26-27-28-29(21)2)30-8-4-7-18(20(30)25-13)34-10-14-15(23)5-3-6-16(14)24/h3-8,31-32H,9-12H2,1-2H3. The molecule has 178 valence electrons. The first-order chi connectivity index (χ1) is 16.3. The van der Waals surface area contributed by atoms with Crippen LogP contribution in [-0.4, -0.2) is 58.8 Å². The average molecular weight is 472 g/mol. The van der Waals surface area contributed by atoms with E-state index in [4.69, 9.17) is 4.74 Å². The number of aliphatic hydroxyl groups is 2. The van der Waals surface area contributed by atoms with Crippen LogP contribution in [0.4, 0.5) is 8.78 Å². The topological polar surface area (TPSA) is 128 Å². The van der Waals surface area contributed by atoms with E-state index in [2.05, 4.69) is 20.5 Å². The molecule has 2 N–H and O–H groups in total. The van der Waals surface area contributed by atoms with Gasteiger partial charge in [-0.1, -0.05) is 6.07 Å². The molecule has 0 fully saturated rings. The summed E-state index contributed by atoms with van der Waals surface area (Å²) in [6.45, 7) is 0.123. The molecule has 4 aromatic rings. The van der Waals surface area contributed by atoms with Gasteiger partial charge in [0.25, 0.3) is 0 Å². The minimum Gasteiger partial charge on any atom is -0.485 e. The quantitative estimate of drug-likeness (QED) is 0.351. The molecule has 12 heteroatoms. The van der Waals surface area contributed by atoms with Gasteiger partial charge >= 0.3 is 0 Å². The summed E-state index contributed by atoms with van der Waals surface area (Å²) in [4.78, 5) is 17.8. The third-order valence-electron chi connectivity index (χ3n) is 5.69. The van der Waals surface area contributed by atoms with Crippen molar-refractivity contribution in [3.63, 3.8) is 0 Å². The Morgan fingerprint density at radius 2 is 1.85 bits per heavy atom. The molecule has 1 aromatic carbocycles. The van der Waals surface area contributed by atoms with Gasteiger partial charge < -0.3 is 14.9 Å². The summed E-state index contributed by atoms with van der Waals surface area (Å²) in [5, 5.41) is 31.2. The monoisotopic (exact) mass is 472 g/mol. The van der Waals surface area contributed by atoms with Crippen LogP contribution in [0.3, 0.4) is 0 Å². The summed E-state index contributed by atoms with van der Waals surface area (Å²) in [7, 11) is 1.54. The highest BCUT2D eigenvalue weighted by molar-refractivity contribution is 5.97. The number of rotatable bonds is 9. The van der Waals surface area contributed by atoms with E-state index in [1.807, 2.05) is 0 Å². The number of nitrogens with zero attached hydrogens (tertiary/aromatic N) is 6. The molecule has 4 rings (SSSR count). The predicted molar refractivity (Wildman–Crippen MR) is 114 cm³/mol. The van der Waals surface area contributed by atoms with Crippen LogP contribution in [0.15, 0.2) is 36.5 Å². The van der Waals surface area contributed by atoms with E-state index < -0.39 is 36.0 Å². The second kappa shape index (κ2) is 9.23. The van der Waals surface area contributed by atoms with Gasteiger partial charge in [-0.2, -0.15) is 0 Å². The zero-order valence-corrected chi connectivity index (χ0v) is 18.4. The number of Topliss-reactive ketones (excluding diaryl/α,β-unsaturated/α-hetero) is 1. The van der Waals surface area contributed by atoms with Gasteiger partial charge in [0.15, 0.2) is 23.0 Å². The number of ketones is 1. The molecule has 0 bridgehead atoms. The molecule has 0 spiro atoms. The van der Waals surface area contributed by atoms with E-state index in [0.717, 1.165) is 12.1 Å². The van der Waals surface area contributed by atoms with E-state index in [9.17, 15) is 23.8 Å². The Bertz CT molecular complexity index is 1330. The molecule has 3 aromatic heterocycles. The predicted octanol–water partition coefficient (Wildman–Crippen LogP) is 1.52. The van der Waals surface area contributed by atoms with Crippen LogP contribution in [0.5, 0.6) is 5.75 Å². The van der Waals surface area contributed by atoms with E-state index >= 15 is 0 Å². The molecule has 0 saturated carbocycles. The molecule has 0 unspecified atom stereocenters. The molecule has 0 aliphatic carbocycles. The van der Waals surface area contributed by atoms with Crippen molar-refractivity contribution in [3.8, 4) is 5.75 Å². The van der Waals surface area contributed by atoms with E-state index in [1.165, 1.54) is 15.1 Å². The van der Waals surface area contributed by atoms with Crippen LogP contribution in [0.1, 0.15) is 34.0 Å². The lowest BCUT2D eigenvalue weighted by molar-refractivity contribution is 0.0747. The zero-order valence-electron chi connectivity index (χ0n) is 18.4. The van der Waals surface area contributed by atoms with Crippen molar-refractivity contribution in [2.24, 2.45) is 7.05 Å². The van der Waals surface area contributed by atoms with Crippen molar-refractivity contribution in [3.05, 3.63) is 70.9 Å². The van der Waals surface area contributed by atoms with Crippen LogP contribution in [0.25, 0.3) is 5.65 Å². The van der Waals surface area contributed by atoms with Crippen LogP contribution >= 0.6 is 0 Å². The number of imidazole rings is 1. The summed E-state index contributed by atoms with van der Waals surface area (Å²) < 4.78 is 36.4. The number of carbonyl (C=O) groups excluding carboxylic acids is 1. The first-order valence-corrected chi connectivity index (χ1v) is 10.3. The number of hydrogen-bond donors (Lipinski definition) is 2. The highest BCUT2D eigenvalue weighted by Gasteiger charge is 2.40. The SMILES string of the molecule is Cc1nc2c(OCc3c(F)cccc3F)cccn2c1C(=O)CC(CO)(CO)c1nnnn1C. The van der Waals surface area contributed by atoms with Crippen molar-refractivity contribution in [2.75, 3.05) is 13.2 Å². The molecule has 0 aliphatic rings. The molecule has 0 radical (unpaired) electrons. The van der Waals surface area contributed by atoms with Crippen LogP contribution in [0.2, 0.25) is 0 Å². The summed E-state index contributed by atoms with van der Waals surface area (Å²) in [6.07, 6.45) is 1.30. The molecule has 10 nitrogen and oxygen atoms in total. The number of carbonyl (C=O) groups is 1. The second-order valence-corrected chi connectivity index (χ2v) is 7.92. The Labute approximate surface area is 192 Å². The maximum Gasteiger partial charge on any atom is 0.182 e. The number of aryl methyl sites for hydroxylation is 2. The summed E-state index contributed by atoms with van der Waals surface area (Å²) in [5.74, 6) is -1.50. The lowest BCUT2D eigenvalue weighted by atomic mass is 9.82. The normalized spacial score (nSPS) is 11.8. The summed E-state index contributed by atoms with van der Waals surface area (Å²) in [6, 6.07) is 6.72. The molecular weight excluding hydrogens is 450 g/mol. The molecule has 0 atom stereocenters. The third-order valence-corrected chi connectivity index (χ3v) is 5.69. The molecular formula is C22H22F2N6O4. The zero-order chi connectivity index (χ0) is 24.5. The van der Waals surface area contributed by atoms with Gasteiger partial charge in [0.05, 0.1) is 29.9 Å². The van der Waals surface area contributed by atoms with Crippen molar-refractivity contribution < 1.29 is 28.5 Å². The molecule has 3 heterocycles. The summed E-state index contributed by atoms with van der Waals surface area (Å²) in [5.41, 5.74) is -0.781. The van der Waals surface area contributed by atoms with Gasteiger partial charge in [-0.15, -0.1) is 5.10 Å². The fraction of sp³-hybridized carbons (Fsp3) is 0.318. The van der Waals surface area contributed by atoms with E-state index in [1.54, 1.807) is 32.3 Å². The van der Waals surface area contributed by atoms with Crippen molar-refractivity contribution >= 4 is 11.4 Å². The third kappa shape index (κ3) is 4.01. The molecule has 34 heavy (non-hydrogen) atoms. The van der Waals surface area contributed by atoms with Gasteiger partial charge in [-0.05, 0) is 41.6 Å². The summed E-state index contributed by atoms with van der Waals surface area (Å²) >= 11 is 0. The average Bonchev–Trinajstić information content (AvgIpc) is 3.40. The van der Waals surface area contributed by atoms with Gasteiger partial charge in [-0.25, -0.2) is 18.4 Å². The Morgan fingerprint density at radius 3 is 2.47 bits per heavy atom. The first-order valence-electron chi connectivity index (χ1n) is 10.3. The number of aromatic nitrogens is 6. The number of halogens is 2. The molecule has 0 amide bonds. The number of hydrogen-bond acceptors (Lipinski definition) is 8. The number of pyridine rings is 1. The van der Waals surface area contributed by atoms with Gasteiger partial charge in [-0.3, -0.25) is 9.20 Å². The highest BCUT2D eigenvalue weighted by Crippen LogP contribution is 2.30. The number of aliphatic hydroxyl groups excluding tert-OH is 2. The number of tetrazole rings is 1. The van der Waals surface area contributed by atoms with Crippen LogP contribution < -0.4 is 4.74 Å². The van der Waals surface area contributed by atoms with Gasteiger partial charge in [0.1, 0.15) is 23.9 Å². The number of ether oxygens (including phenoxy) is 1. The Hall–Kier alpha value is -3.77. The number of benzene rings is 1. The lowest BCUT2D eigenvalue weighted by Crippen LogP contribution is -2.40. The van der Waals surface area contributed by atoms with Crippen molar-refractivity contribution in [1.82, 2.24) is 29.6 Å². The van der Waals surface area contributed by atoms with Gasteiger partial charge in [0, 0.05) is 19.7 Å². The fourth-order valence-electron chi connectivity index (χ4n) is 3.88. The maximum atomic E-state index is 14.0. The van der Waals surface area contributed by atoms with Crippen LogP contribution in [0, 0.1) is 18.6 Å². The lowest BCUT2D eigenvalue weighted by Gasteiger charge is -2.27. The molecule has 0 aliphatic heterocycles. The smallest absolute Gasteiger partial charge is 0.182 e. The Morgan fingerprint density at radius 1 is 1.15 bits per heavy atom. The largest absolute Gasteiger partial charge is 0.485 e. The fourth-order valence-corrected chi connectivity index (χ4v) is 3.88. The van der Waals surface area contributed by atoms with E-state index in [-0.39, 0.29) is 41.5 Å². The van der Waals surface area contributed by atoms with Crippen molar-refractivity contribution in [1.29, 1.82) is 0 Å². The highest BCUT2D eigenvalue weighted by atomic mass is 19.1. The van der Waals surface area contributed by atoms with E-state index in [0.29, 0.717) is 5.69 Å². The Balaban J connectivity index is 1.67. The van der Waals surface area contributed by atoms with Gasteiger partial charge in [0.2, 0.25) is 0 Å². The minimum absolute atomic E-state index is 0.160. The molecule has 0 saturated heterocycles. The maximum absolute atomic E-state index is 14.0. The van der Waals surface area contributed by atoms with Crippen molar-refractivity contribution in [2.45, 2.75) is 25.4 Å².